The number of anilines is 1. The lowest BCUT2D eigenvalue weighted by atomic mass is 10.1. The number of benzene rings is 2. The monoisotopic (exact) mass is 559 g/mol. The summed E-state index contributed by atoms with van der Waals surface area (Å²) in [5.41, 5.74) is 10.00. The Balaban J connectivity index is 1.39. The van der Waals surface area contributed by atoms with Crippen LogP contribution >= 0.6 is 11.3 Å². The van der Waals surface area contributed by atoms with Crippen molar-refractivity contribution in [3.8, 4) is 28.6 Å². The molecule has 3 heterocycles. The van der Waals surface area contributed by atoms with Crippen LogP contribution in [0.25, 0.3) is 21.5 Å². The smallest absolute Gasteiger partial charge is 0.497 e. The van der Waals surface area contributed by atoms with Crippen LogP contribution in [0.4, 0.5) is 10.6 Å². The summed E-state index contributed by atoms with van der Waals surface area (Å²) < 4.78 is 24.5. The molecule has 0 bridgehead atoms. The molecule has 10 nitrogen and oxygen atoms in total. The third-order valence-electron chi connectivity index (χ3n) is 6.39. The van der Waals surface area contributed by atoms with Gasteiger partial charge in [0.15, 0.2) is 11.6 Å². The molecule has 5 rings (SSSR count). The Labute approximate surface area is 235 Å². The molecule has 0 spiro atoms. The zero-order valence-electron chi connectivity index (χ0n) is 22.6. The van der Waals surface area contributed by atoms with Crippen molar-refractivity contribution >= 4 is 33.4 Å². The van der Waals surface area contributed by atoms with E-state index in [-0.39, 0.29) is 13.2 Å². The lowest BCUT2D eigenvalue weighted by molar-refractivity contribution is 0.105. The maximum Gasteiger partial charge on any atom is 0.513 e. The van der Waals surface area contributed by atoms with Crippen LogP contribution in [0.3, 0.4) is 0 Å². The summed E-state index contributed by atoms with van der Waals surface area (Å²) in [6.45, 7) is 6.71. The first-order valence-electron chi connectivity index (χ1n) is 12.6. The number of aromatic nitrogens is 4. The van der Waals surface area contributed by atoms with Crippen LogP contribution in [0.15, 0.2) is 54.0 Å². The number of aryl methyl sites for hydroxylation is 2. The van der Waals surface area contributed by atoms with Crippen molar-refractivity contribution in [1.82, 2.24) is 19.7 Å². The van der Waals surface area contributed by atoms with E-state index in [4.69, 9.17) is 24.7 Å². The van der Waals surface area contributed by atoms with E-state index >= 15 is 0 Å². The summed E-state index contributed by atoms with van der Waals surface area (Å²) in [5.74, 6) is 3.69. The van der Waals surface area contributed by atoms with Crippen LogP contribution in [0.1, 0.15) is 29.4 Å². The van der Waals surface area contributed by atoms with Gasteiger partial charge in [0, 0.05) is 16.5 Å². The number of carbonyl (C=O) groups excluding carboxylic acids is 1. The molecule has 0 aliphatic heterocycles. The molecule has 2 aromatic carbocycles. The van der Waals surface area contributed by atoms with Crippen molar-refractivity contribution < 1.29 is 23.7 Å². The number of methoxy groups -OCH3 is 1. The van der Waals surface area contributed by atoms with Crippen molar-refractivity contribution in [2.45, 2.75) is 33.9 Å². The van der Waals surface area contributed by atoms with Crippen LogP contribution in [0.2, 0.25) is 0 Å². The van der Waals surface area contributed by atoms with Crippen molar-refractivity contribution in [2.75, 3.05) is 19.5 Å². The van der Waals surface area contributed by atoms with E-state index < -0.39 is 6.16 Å². The van der Waals surface area contributed by atoms with Crippen molar-refractivity contribution in [2.24, 2.45) is 0 Å². The zero-order valence-corrected chi connectivity index (χ0v) is 23.4. The average molecular weight is 560 g/mol. The second-order valence-corrected chi connectivity index (χ2v) is 9.91. The Kier molecular flexibility index (Phi) is 7.83. The maximum atomic E-state index is 11.9. The maximum absolute atomic E-state index is 11.9. The second-order valence-electron chi connectivity index (χ2n) is 9.03. The predicted molar refractivity (Wildman–Crippen MR) is 153 cm³/mol. The molecule has 0 saturated carbocycles. The summed E-state index contributed by atoms with van der Waals surface area (Å²) >= 11 is 1.40. The summed E-state index contributed by atoms with van der Waals surface area (Å²) in [4.78, 5) is 16.1. The molecule has 3 aromatic heterocycles. The first-order chi connectivity index (χ1) is 19.4. The Hall–Kier alpha value is -4.64. The van der Waals surface area contributed by atoms with E-state index in [0.717, 1.165) is 39.7 Å². The third-order valence-corrected chi connectivity index (χ3v) is 7.43. The van der Waals surface area contributed by atoms with Gasteiger partial charge in [-0.05, 0) is 55.5 Å². The highest BCUT2D eigenvalue weighted by Gasteiger charge is 2.18. The largest absolute Gasteiger partial charge is 0.513 e. The highest BCUT2D eigenvalue weighted by molar-refractivity contribution is 7.17. The first kappa shape index (κ1) is 26.9. The number of ether oxygens (including phenoxy) is 4. The number of thiophene rings is 1. The number of carbonyl (C=O) groups is 1. The summed E-state index contributed by atoms with van der Waals surface area (Å²) in [6.07, 6.45) is 0.636. The number of hydrogen-bond donors (Lipinski definition) is 1. The van der Waals surface area contributed by atoms with Crippen molar-refractivity contribution in [3.05, 3.63) is 76.6 Å². The standard InChI is InChI=1S/C29H29N5O5S/c1-5-37-29(35)39-24-13-31-27(30)25-21(16-40-26(24)25)15-38-23-12-20(9-6-17(23)2)28-33-32-18(3)34(28)14-19-7-10-22(36-4)11-8-19/h6-13,16H,5,14-15H2,1-4H3,(H2,30,31). The normalized spacial score (nSPS) is 11.0. The molecule has 2 N–H and O–H groups in total. The number of nitrogen functional groups attached to an aromatic ring is 1. The molecule has 0 saturated heterocycles. The summed E-state index contributed by atoms with van der Waals surface area (Å²) in [6, 6.07) is 13.9. The van der Waals surface area contributed by atoms with Gasteiger partial charge in [-0.3, -0.25) is 0 Å². The quantitative estimate of drug-likeness (QED) is 0.219. The Morgan fingerprint density at radius 1 is 1.07 bits per heavy atom. The van der Waals surface area contributed by atoms with E-state index in [1.54, 1.807) is 14.0 Å². The topological polar surface area (TPSA) is 124 Å². The highest BCUT2D eigenvalue weighted by Crippen LogP contribution is 2.37. The van der Waals surface area contributed by atoms with Gasteiger partial charge in [-0.25, -0.2) is 9.78 Å². The van der Waals surface area contributed by atoms with Crippen molar-refractivity contribution in [3.63, 3.8) is 0 Å². The van der Waals surface area contributed by atoms with Gasteiger partial charge >= 0.3 is 6.16 Å². The molecule has 0 unspecified atom stereocenters. The fourth-order valence-electron chi connectivity index (χ4n) is 4.27. The van der Waals surface area contributed by atoms with Gasteiger partial charge in [-0.2, -0.15) is 0 Å². The minimum Gasteiger partial charge on any atom is -0.497 e. The van der Waals surface area contributed by atoms with Gasteiger partial charge in [-0.15, -0.1) is 21.5 Å². The van der Waals surface area contributed by atoms with E-state index in [9.17, 15) is 4.79 Å². The molecule has 40 heavy (non-hydrogen) atoms. The second kappa shape index (κ2) is 11.6. The van der Waals surface area contributed by atoms with Gasteiger partial charge in [0.1, 0.15) is 29.7 Å². The molecule has 5 aromatic rings. The van der Waals surface area contributed by atoms with Gasteiger partial charge in [0.2, 0.25) is 0 Å². The van der Waals surface area contributed by atoms with Crippen LogP contribution in [0.5, 0.6) is 17.2 Å². The lowest BCUT2D eigenvalue weighted by Gasteiger charge is -2.13. The fourth-order valence-corrected chi connectivity index (χ4v) is 5.28. The van der Waals surface area contributed by atoms with Crippen LogP contribution in [-0.4, -0.2) is 39.6 Å². The lowest BCUT2D eigenvalue weighted by Crippen LogP contribution is -2.10. The molecule has 0 amide bonds. The number of rotatable bonds is 9. The van der Waals surface area contributed by atoms with E-state index in [0.29, 0.717) is 33.9 Å². The third kappa shape index (κ3) is 5.55. The van der Waals surface area contributed by atoms with Gasteiger partial charge in [0.25, 0.3) is 0 Å². The van der Waals surface area contributed by atoms with Crippen LogP contribution in [0, 0.1) is 13.8 Å². The molecular weight excluding hydrogens is 530 g/mol. The predicted octanol–water partition coefficient (Wildman–Crippen LogP) is 5.93. The van der Waals surface area contributed by atoms with E-state index in [2.05, 4.69) is 19.7 Å². The van der Waals surface area contributed by atoms with Gasteiger partial charge < -0.3 is 29.2 Å². The minimum atomic E-state index is -0.788. The molecule has 206 valence electrons. The molecule has 0 atom stereocenters. The van der Waals surface area contributed by atoms with E-state index in [1.807, 2.05) is 61.7 Å². The van der Waals surface area contributed by atoms with Crippen molar-refractivity contribution in [1.29, 1.82) is 0 Å². The Morgan fingerprint density at radius 2 is 1.88 bits per heavy atom. The molecule has 0 aliphatic rings. The molecule has 0 radical (unpaired) electrons. The number of fused-ring (bicyclic) bond motifs is 1. The highest BCUT2D eigenvalue weighted by atomic mass is 32.1. The SMILES string of the molecule is CCOC(=O)Oc1cnc(N)c2c(COc3cc(-c4nnc(C)n4Cc4ccc(OC)cc4)ccc3C)csc12. The summed E-state index contributed by atoms with van der Waals surface area (Å²) in [7, 11) is 1.65. The average Bonchev–Trinajstić information content (AvgIpc) is 3.55. The first-order valence-corrected chi connectivity index (χ1v) is 13.5. The van der Waals surface area contributed by atoms with Crippen LogP contribution in [-0.2, 0) is 17.9 Å². The Morgan fingerprint density at radius 3 is 2.62 bits per heavy atom. The molecule has 11 heteroatoms. The molecular formula is C29H29N5O5S. The molecule has 0 fully saturated rings. The zero-order chi connectivity index (χ0) is 28.2. The number of pyridine rings is 1. The molecule has 0 aliphatic carbocycles. The summed E-state index contributed by atoms with van der Waals surface area (Å²) in [5, 5.41) is 11.4. The van der Waals surface area contributed by atoms with Gasteiger partial charge in [0.05, 0.1) is 31.2 Å². The fraction of sp³-hybridized carbons (Fsp3) is 0.241. The minimum absolute atomic E-state index is 0.212. The van der Waals surface area contributed by atoms with E-state index in [1.165, 1.54) is 17.5 Å². The number of nitrogens with zero attached hydrogens (tertiary/aromatic N) is 4. The number of nitrogens with two attached hydrogens (primary N) is 1. The van der Waals surface area contributed by atoms with Gasteiger partial charge in [-0.1, -0.05) is 24.3 Å². The number of hydrogen-bond acceptors (Lipinski definition) is 10. The Bertz CT molecular complexity index is 1660. The van der Waals surface area contributed by atoms with Crippen LogP contribution < -0.4 is 19.9 Å².